The van der Waals surface area contributed by atoms with E-state index in [9.17, 15) is 4.79 Å². The molecule has 0 saturated heterocycles. The molecule has 1 heterocycles. The van der Waals surface area contributed by atoms with Gasteiger partial charge in [0.25, 0.3) is 0 Å². The molecular formula is C15H20N2O. The maximum Gasteiger partial charge on any atom is 0.230 e. The van der Waals surface area contributed by atoms with Gasteiger partial charge in [0.2, 0.25) is 5.91 Å². The molecule has 96 valence electrons. The predicted molar refractivity (Wildman–Crippen MR) is 72.3 cm³/mol. The van der Waals surface area contributed by atoms with E-state index < -0.39 is 0 Å². The fraction of sp³-hybridized carbons (Fsp3) is 0.533. The van der Waals surface area contributed by atoms with Crippen LogP contribution in [0.15, 0.2) is 24.3 Å². The van der Waals surface area contributed by atoms with Crippen molar-refractivity contribution in [3.05, 3.63) is 29.8 Å². The molecule has 1 aromatic carbocycles. The SMILES string of the molecule is NC1CCCN(C(=O)C2CCC2)c2ccccc21. The second-order valence-corrected chi connectivity index (χ2v) is 5.43. The second kappa shape index (κ2) is 4.73. The minimum Gasteiger partial charge on any atom is -0.324 e. The fourth-order valence-electron chi connectivity index (χ4n) is 2.90. The molecule has 0 bridgehead atoms. The normalized spacial score (nSPS) is 24.1. The van der Waals surface area contributed by atoms with Crippen LogP contribution < -0.4 is 10.6 Å². The lowest BCUT2D eigenvalue weighted by atomic mass is 9.84. The Morgan fingerprint density at radius 1 is 1.17 bits per heavy atom. The maximum atomic E-state index is 12.5. The van der Waals surface area contributed by atoms with Gasteiger partial charge in [-0.15, -0.1) is 0 Å². The van der Waals surface area contributed by atoms with Crippen molar-refractivity contribution in [3.8, 4) is 0 Å². The zero-order valence-corrected chi connectivity index (χ0v) is 10.6. The van der Waals surface area contributed by atoms with Crippen LogP contribution >= 0.6 is 0 Å². The van der Waals surface area contributed by atoms with Gasteiger partial charge in [-0.25, -0.2) is 0 Å². The highest BCUT2D eigenvalue weighted by Crippen LogP contribution is 2.35. The summed E-state index contributed by atoms with van der Waals surface area (Å²) in [5, 5.41) is 0. The van der Waals surface area contributed by atoms with Gasteiger partial charge in [0.05, 0.1) is 0 Å². The molecule has 1 unspecified atom stereocenters. The largest absolute Gasteiger partial charge is 0.324 e. The number of rotatable bonds is 1. The highest BCUT2D eigenvalue weighted by Gasteiger charge is 2.32. The van der Waals surface area contributed by atoms with Crippen LogP contribution in [-0.4, -0.2) is 12.5 Å². The summed E-state index contributed by atoms with van der Waals surface area (Å²) in [5.74, 6) is 0.565. The van der Waals surface area contributed by atoms with Crippen LogP contribution in [0, 0.1) is 5.92 Å². The highest BCUT2D eigenvalue weighted by molar-refractivity contribution is 5.96. The Hall–Kier alpha value is -1.35. The number of carbonyl (C=O) groups excluding carboxylic acids is 1. The molecule has 1 aliphatic carbocycles. The van der Waals surface area contributed by atoms with Crippen LogP contribution in [0.2, 0.25) is 0 Å². The van der Waals surface area contributed by atoms with Crippen molar-refractivity contribution >= 4 is 11.6 Å². The van der Waals surface area contributed by atoms with Gasteiger partial charge >= 0.3 is 0 Å². The third-order valence-corrected chi connectivity index (χ3v) is 4.24. The first kappa shape index (κ1) is 11.7. The molecule has 18 heavy (non-hydrogen) atoms. The fourth-order valence-corrected chi connectivity index (χ4v) is 2.90. The Labute approximate surface area is 108 Å². The zero-order valence-electron chi connectivity index (χ0n) is 10.6. The zero-order chi connectivity index (χ0) is 12.5. The number of hydrogen-bond acceptors (Lipinski definition) is 2. The Morgan fingerprint density at radius 3 is 2.67 bits per heavy atom. The summed E-state index contributed by atoms with van der Waals surface area (Å²) in [6, 6.07) is 8.18. The standard InChI is InChI=1S/C15H20N2O/c16-13-8-4-10-17(15(18)11-5-3-6-11)14-9-2-1-7-12(13)14/h1-2,7,9,11,13H,3-6,8,10,16H2. The van der Waals surface area contributed by atoms with E-state index in [1.807, 2.05) is 23.1 Å². The van der Waals surface area contributed by atoms with Gasteiger partial charge in [0.15, 0.2) is 0 Å². The monoisotopic (exact) mass is 244 g/mol. The van der Waals surface area contributed by atoms with E-state index in [1.165, 1.54) is 6.42 Å². The molecule has 0 aromatic heterocycles. The lowest BCUT2D eigenvalue weighted by Crippen LogP contribution is -2.39. The van der Waals surface area contributed by atoms with Crippen LogP contribution in [0.1, 0.15) is 43.7 Å². The molecule has 3 nitrogen and oxygen atoms in total. The summed E-state index contributed by atoms with van der Waals surface area (Å²) in [4.78, 5) is 14.5. The number of benzene rings is 1. The van der Waals surface area contributed by atoms with E-state index in [1.54, 1.807) is 0 Å². The van der Waals surface area contributed by atoms with E-state index in [0.29, 0.717) is 5.91 Å². The molecule has 1 amide bonds. The number of amides is 1. The third-order valence-electron chi connectivity index (χ3n) is 4.24. The minimum atomic E-state index is 0.0698. The molecule has 2 aliphatic rings. The van der Waals surface area contributed by atoms with Crippen molar-refractivity contribution < 1.29 is 4.79 Å². The molecule has 2 N–H and O–H groups in total. The number of carbonyl (C=O) groups is 1. The highest BCUT2D eigenvalue weighted by atomic mass is 16.2. The van der Waals surface area contributed by atoms with Crippen molar-refractivity contribution in [2.45, 2.75) is 38.1 Å². The van der Waals surface area contributed by atoms with Gasteiger partial charge in [0.1, 0.15) is 0 Å². The first-order valence-electron chi connectivity index (χ1n) is 6.93. The van der Waals surface area contributed by atoms with E-state index >= 15 is 0 Å². The lowest BCUT2D eigenvalue weighted by molar-refractivity contribution is -0.124. The first-order valence-corrected chi connectivity index (χ1v) is 6.93. The van der Waals surface area contributed by atoms with Crippen LogP contribution in [0.3, 0.4) is 0 Å². The van der Waals surface area contributed by atoms with Crippen LogP contribution in [0.25, 0.3) is 0 Å². The van der Waals surface area contributed by atoms with Gasteiger partial charge in [-0.05, 0) is 37.3 Å². The lowest BCUT2D eigenvalue weighted by Gasteiger charge is -2.32. The van der Waals surface area contributed by atoms with Crippen LogP contribution in [-0.2, 0) is 4.79 Å². The summed E-state index contributed by atoms with van der Waals surface area (Å²) in [5.41, 5.74) is 8.36. The summed E-state index contributed by atoms with van der Waals surface area (Å²) < 4.78 is 0. The maximum absolute atomic E-state index is 12.5. The number of fused-ring (bicyclic) bond motifs is 1. The van der Waals surface area contributed by atoms with Gasteiger partial charge in [0, 0.05) is 24.2 Å². The molecule has 3 heteroatoms. The molecule has 0 radical (unpaired) electrons. The smallest absolute Gasteiger partial charge is 0.230 e. The molecule has 1 atom stereocenters. The predicted octanol–water partition coefficient (Wildman–Crippen LogP) is 2.61. The van der Waals surface area contributed by atoms with Gasteiger partial charge in [-0.1, -0.05) is 24.6 Å². The Bertz CT molecular complexity index is 454. The van der Waals surface area contributed by atoms with E-state index in [-0.39, 0.29) is 12.0 Å². The molecule has 1 fully saturated rings. The van der Waals surface area contributed by atoms with Gasteiger partial charge in [-0.2, -0.15) is 0 Å². The number of anilines is 1. The molecule has 1 aromatic rings. The molecule has 3 rings (SSSR count). The average Bonchev–Trinajstić information content (AvgIpc) is 2.47. The summed E-state index contributed by atoms with van der Waals surface area (Å²) in [6.07, 6.45) is 5.28. The summed E-state index contributed by atoms with van der Waals surface area (Å²) in [7, 11) is 0. The van der Waals surface area contributed by atoms with Crippen LogP contribution in [0.4, 0.5) is 5.69 Å². The van der Waals surface area contributed by atoms with Crippen molar-refractivity contribution in [1.82, 2.24) is 0 Å². The second-order valence-electron chi connectivity index (χ2n) is 5.43. The van der Waals surface area contributed by atoms with Gasteiger partial charge in [-0.3, -0.25) is 4.79 Å². The summed E-state index contributed by atoms with van der Waals surface area (Å²) in [6.45, 7) is 0.819. The number of hydrogen-bond donors (Lipinski definition) is 1. The first-order chi connectivity index (χ1) is 8.77. The molecular weight excluding hydrogens is 224 g/mol. The van der Waals surface area contributed by atoms with Crippen molar-refractivity contribution in [2.24, 2.45) is 11.7 Å². The van der Waals surface area contributed by atoms with E-state index in [0.717, 1.165) is 43.5 Å². The summed E-state index contributed by atoms with van der Waals surface area (Å²) >= 11 is 0. The quantitative estimate of drug-likeness (QED) is 0.825. The minimum absolute atomic E-state index is 0.0698. The number of para-hydroxylation sites is 1. The Balaban J connectivity index is 1.94. The van der Waals surface area contributed by atoms with Crippen LogP contribution in [0.5, 0.6) is 0 Å². The third kappa shape index (κ3) is 1.93. The number of nitrogens with zero attached hydrogens (tertiary/aromatic N) is 1. The van der Waals surface area contributed by atoms with Crippen molar-refractivity contribution in [3.63, 3.8) is 0 Å². The average molecular weight is 244 g/mol. The topological polar surface area (TPSA) is 46.3 Å². The van der Waals surface area contributed by atoms with E-state index in [2.05, 4.69) is 6.07 Å². The van der Waals surface area contributed by atoms with Crippen molar-refractivity contribution in [1.29, 1.82) is 0 Å². The Morgan fingerprint density at radius 2 is 1.94 bits per heavy atom. The van der Waals surface area contributed by atoms with E-state index in [4.69, 9.17) is 5.73 Å². The van der Waals surface area contributed by atoms with Crippen molar-refractivity contribution in [2.75, 3.05) is 11.4 Å². The Kier molecular flexibility index (Phi) is 3.08. The van der Waals surface area contributed by atoms with Gasteiger partial charge < -0.3 is 10.6 Å². The molecule has 1 aliphatic heterocycles. The number of nitrogens with two attached hydrogens (primary N) is 1. The molecule has 0 spiro atoms. The molecule has 1 saturated carbocycles.